The van der Waals surface area contributed by atoms with Gasteiger partial charge in [0.05, 0.1) is 4.90 Å². The third-order valence-electron chi connectivity index (χ3n) is 7.96. The molecule has 0 fully saturated rings. The standard InChI is InChI=1S/C35H38O7SSi/c1-26(36)42-34(27-20-21-31-32(24-27)40-25-39-31)33(43(37,38)28-14-8-5-9-15-28)22-23-41-44(35(2,3)4,29-16-10-6-11-17-29)30-18-12-7-13-19-30/h5-21,24,33-34H,22-23,25H2,1-4H3. The van der Waals surface area contributed by atoms with Crippen LogP contribution in [0.25, 0.3) is 0 Å². The Labute approximate surface area is 260 Å². The third kappa shape index (κ3) is 6.31. The van der Waals surface area contributed by atoms with Crippen LogP contribution in [0.3, 0.4) is 0 Å². The number of esters is 1. The Morgan fingerprint density at radius 3 is 1.91 bits per heavy atom. The molecule has 1 aliphatic rings. The molecule has 7 nitrogen and oxygen atoms in total. The minimum absolute atomic E-state index is 0.0646. The maximum absolute atomic E-state index is 14.4. The molecule has 1 aliphatic heterocycles. The fourth-order valence-electron chi connectivity index (χ4n) is 5.97. The second-order valence-electron chi connectivity index (χ2n) is 11.8. The molecule has 0 N–H and O–H groups in total. The van der Waals surface area contributed by atoms with Crippen molar-refractivity contribution < 1.29 is 31.8 Å². The van der Waals surface area contributed by atoms with Gasteiger partial charge in [-0.05, 0) is 51.7 Å². The predicted octanol–water partition coefficient (Wildman–Crippen LogP) is 5.83. The number of ether oxygens (including phenoxy) is 3. The fourth-order valence-corrected chi connectivity index (χ4v) is 12.4. The molecule has 0 saturated heterocycles. The average Bonchev–Trinajstić information content (AvgIpc) is 3.49. The lowest BCUT2D eigenvalue weighted by atomic mass is 10.0. The molecule has 230 valence electrons. The zero-order valence-electron chi connectivity index (χ0n) is 25.4. The van der Waals surface area contributed by atoms with Gasteiger partial charge in [-0.15, -0.1) is 0 Å². The minimum atomic E-state index is -4.00. The van der Waals surface area contributed by atoms with Gasteiger partial charge in [0.2, 0.25) is 6.79 Å². The maximum Gasteiger partial charge on any atom is 0.303 e. The van der Waals surface area contributed by atoms with Crippen LogP contribution in [0.15, 0.2) is 114 Å². The second-order valence-corrected chi connectivity index (χ2v) is 18.3. The summed E-state index contributed by atoms with van der Waals surface area (Å²) in [5, 5.41) is 0.741. The average molecular weight is 631 g/mol. The summed E-state index contributed by atoms with van der Waals surface area (Å²) in [6, 6.07) is 33.7. The lowest BCUT2D eigenvalue weighted by molar-refractivity contribution is -0.147. The lowest BCUT2D eigenvalue weighted by Crippen LogP contribution is -2.66. The summed E-state index contributed by atoms with van der Waals surface area (Å²) in [6.45, 7) is 7.98. The van der Waals surface area contributed by atoms with Gasteiger partial charge in [-0.1, -0.05) is 106 Å². The highest BCUT2D eigenvalue weighted by Gasteiger charge is 2.50. The van der Waals surface area contributed by atoms with Crippen LogP contribution >= 0.6 is 0 Å². The quantitative estimate of drug-likeness (QED) is 0.152. The fraction of sp³-hybridized carbons (Fsp3) is 0.286. The largest absolute Gasteiger partial charge is 0.456 e. The molecule has 4 aromatic carbocycles. The zero-order chi connectivity index (χ0) is 31.4. The first-order chi connectivity index (χ1) is 21.0. The summed E-state index contributed by atoms with van der Waals surface area (Å²) in [4.78, 5) is 12.6. The van der Waals surface area contributed by atoms with E-state index in [1.807, 2.05) is 36.4 Å². The Bertz CT molecular complexity index is 1630. The number of fused-ring (bicyclic) bond motifs is 1. The van der Waals surface area contributed by atoms with Crippen molar-refractivity contribution in [1.29, 1.82) is 0 Å². The number of rotatable bonds is 11. The van der Waals surface area contributed by atoms with Crippen molar-refractivity contribution in [2.75, 3.05) is 13.4 Å². The number of hydrogen-bond acceptors (Lipinski definition) is 7. The van der Waals surface area contributed by atoms with Crippen molar-refractivity contribution in [3.8, 4) is 11.5 Å². The molecule has 2 atom stereocenters. The molecule has 4 aromatic rings. The highest BCUT2D eigenvalue weighted by molar-refractivity contribution is 7.92. The first kappa shape index (κ1) is 31.5. The van der Waals surface area contributed by atoms with Crippen LogP contribution in [-0.4, -0.2) is 41.4 Å². The van der Waals surface area contributed by atoms with E-state index in [0.717, 1.165) is 10.4 Å². The summed E-state index contributed by atoms with van der Waals surface area (Å²) in [5.74, 6) is 0.431. The van der Waals surface area contributed by atoms with E-state index in [0.29, 0.717) is 17.1 Å². The lowest BCUT2D eigenvalue weighted by Gasteiger charge is -2.43. The second kappa shape index (κ2) is 13.0. The Hall–Kier alpha value is -3.92. The molecule has 0 aliphatic carbocycles. The monoisotopic (exact) mass is 630 g/mol. The SMILES string of the molecule is CC(=O)OC(c1ccc2c(c1)OCO2)C(CCO[Si](c1ccccc1)(c1ccccc1)C(C)(C)C)S(=O)(=O)c1ccccc1. The normalized spacial score (nSPS) is 14.5. The van der Waals surface area contributed by atoms with Gasteiger partial charge in [0.1, 0.15) is 11.4 Å². The van der Waals surface area contributed by atoms with Crippen LogP contribution < -0.4 is 19.8 Å². The van der Waals surface area contributed by atoms with Gasteiger partial charge in [-0.2, -0.15) is 0 Å². The van der Waals surface area contributed by atoms with Crippen molar-refractivity contribution in [1.82, 2.24) is 0 Å². The molecule has 1 heterocycles. The molecule has 0 radical (unpaired) electrons. The van der Waals surface area contributed by atoms with Crippen LogP contribution in [0.4, 0.5) is 0 Å². The van der Waals surface area contributed by atoms with E-state index in [2.05, 4.69) is 45.0 Å². The van der Waals surface area contributed by atoms with E-state index in [9.17, 15) is 13.2 Å². The smallest absolute Gasteiger partial charge is 0.303 e. The van der Waals surface area contributed by atoms with E-state index in [-0.39, 0.29) is 29.8 Å². The molecule has 0 aromatic heterocycles. The van der Waals surface area contributed by atoms with Crippen molar-refractivity contribution >= 4 is 34.5 Å². The van der Waals surface area contributed by atoms with E-state index in [4.69, 9.17) is 18.6 Å². The number of carbonyl (C=O) groups excluding carboxylic acids is 1. The van der Waals surface area contributed by atoms with Crippen LogP contribution in [0.5, 0.6) is 11.5 Å². The number of sulfone groups is 1. The molecular weight excluding hydrogens is 593 g/mol. The van der Waals surface area contributed by atoms with Crippen LogP contribution in [-0.2, 0) is 23.8 Å². The van der Waals surface area contributed by atoms with Crippen molar-refractivity contribution in [2.45, 2.75) is 55.4 Å². The molecule has 0 saturated carbocycles. The van der Waals surface area contributed by atoms with E-state index in [1.54, 1.807) is 48.5 Å². The van der Waals surface area contributed by atoms with Gasteiger partial charge >= 0.3 is 5.97 Å². The predicted molar refractivity (Wildman–Crippen MR) is 173 cm³/mol. The van der Waals surface area contributed by atoms with Crippen molar-refractivity contribution in [2.24, 2.45) is 0 Å². The summed E-state index contributed by atoms with van der Waals surface area (Å²) < 4.78 is 52.7. The molecule has 5 rings (SSSR count). The highest BCUT2D eigenvalue weighted by atomic mass is 32.2. The van der Waals surface area contributed by atoms with E-state index >= 15 is 0 Å². The highest BCUT2D eigenvalue weighted by Crippen LogP contribution is 2.40. The summed E-state index contributed by atoms with van der Waals surface area (Å²) >= 11 is 0. The van der Waals surface area contributed by atoms with Crippen LogP contribution in [0.1, 0.15) is 45.8 Å². The molecule has 0 bridgehead atoms. The third-order valence-corrected chi connectivity index (χ3v) is 15.2. The van der Waals surface area contributed by atoms with Gasteiger partial charge in [0.15, 0.2) is 21.3 Å². The maximum atomic E-state index is 14.4. The zero-order valence-corrected chi connectivity index (χ0v) is 27.3. The summed E-state index contributed by atoms with van der Waals surface area (Å²) in [5.41, 5.74) is 0.499. The van der Waals surface area contributed by atoms with Gasteiger partial charge in [-0.25, -0.2) is 8.42 Å². The van der Waals surface area contributed by atoms with Gasteiger partial charge in [-0.3, -0.25) is 4.79 Å². The summed E-state index contributed by atoms with van der Waals surface area (Å²) in [6.07, 6.45) is -1.04. The Morgan fingerprint density at radius 2 is 1.36 bits per heavy atom. The molecule has 0 amide bonds. The van der Waals surface area contributed by atoms with E-state index in [1.165, 1.54) is 6.92 Å². The van der Waals surface area contributed by atoms with Gasteiger partial charge < -0.3 is 18.6 Å². The molecule has 44 heavy (non-hydrogen) atoms. The van der Waals surface area contributed by atoms with E-state index < -0.39 is 35.5 Å². The number of hydrogen-bond donors (Lipinski definition) is 0. The summed E-state index contributed by atoms with van der Waals surface area (Å²) in [7, 11) is -6.96. The minimum Gasteiger partial charge on any atom is -0.456 e. The molecule has 9 heteroatoms. The molecular formula is C35H38O7SSi. The number of carbonyl (C=O) groups is 1. The van der Waals surface area contributed by atoms with Crippen molar-refractivity contribution in [3.63, 3.8) is 0 Å². The van der Waals surface area contributed by atoms with Crippen LogP contribution in [0.2, 0.25) is 5.04 Å². The Kier molecular flexibility index (Phi) is 9.29. The number of benzene rings is 4. The van der Waals surface area contributed by atoms with Gasteiger partial charge in [0, 0.05) is 13.5 Å². The van der Waals surface area contributed by atoms with Gasteiger partial charge in [0.25, 0.3) is 8.32 Å². The Morgan fingerprint density at radius 1 is 0.818 bits per heavy atom. The van der Waals surface area contributed by atoms with Crippen molar-refractivity contribution in [3.05, 3.63) is 115 Å². The first-order valence-corrected chi connectivity index (χ1v) is 18.1. The topological polar surface area (TPSA) is 88.1 Å². The van der Waals surface area contributed by atoms with Crippen LogP contribution in [0, 0.1) is 0 Å². The first-order valence-electron chi connectivity index (χ1n) is 14.6. The Balaban J connectivity index is 1.58. The molecule has 2 unspecified atom stereocenters. The molecule has 0 spiro atoms.